The maximum absolute atomic E-state index is 5.52. The molecule has 0 aromatic carbocycles. The average molecular weight is 385 g/mol. The van der Waals surface area contributed by atoms with Gasteiger partial charge >= 0.3 is 0 Å². The van der Waals surface area contributed by atoms with Crippen molar-refractivity contribution < 1.29 is 13.9 Å². The lowest BCUT2D eigenvalue weighted by Crippen LogP contribution is -2.12. The number of hydrogen-bond acceptors (Lipinski definition) is 3. The molecule has 154 valence electrons. The Balaban J connectivity index is 3.14. The predicted octanol–water partition coefficient (Wildman–Crippen LogP) is 5.87. The van der Waals surface area contributed by atoms with E-state index in [1.54, 1.807) is 14.2 Å². The monoisotopic (exact) mass is 384 g/mol. The van der Waals surface area contributed by atoms with E-state index in [1.165, 1.54) is 83.5 Å². The number of hydrogen-bond donors (Lipinski definition) is 0. The van der Waals surface area contributed by atoms with Crippen molar-refractivity contribution in [2.45, 2.75) is 96.2 Å². The lowest BCUT2D eigenvalue weighted by atomic mass is 10.1. The van der Waals surface area contributed by atoms with E-state index in [0.717, 1.165) is 13.0 Å². The molecule has 0 fully saturated rings. The van der Waals surface area contributed by atoms with E-state index in [0.29, 0.717) is 0 Å². The molecule has 0 heterocycles. The van der Waals surface area contributed by atoms with Gasteiger partial charge in [0.1, 0.15) is 0 Å². The summed E-state index contributed by atoms with van der Waals surface area (Å²) >= 11 is 0. The van der Waals surface area contributed by atoms with Gasteiger partial charge < -0.3 is 13.9 Å². The second-order valence-corrected chi connectivity index (χ2v) is 8.31. The second-order valence-electron chi connectivity index (χ2n) is 6.99. The summed E-state index contributed by atoms with van der Waals surface area (Å²) in [5, 5.41) is 0. The van der Waals surface area contributed by atoms with Crippen LogP contribution in [0, 0.1) is 0 Å². The van der Waals surface area contributed by atoms with Gasteiger partial charge in [-0.1, -0.05) is 62.8 Å². The van der Waals surface area contributed by atoms with Gasteiger partial charge in [-0.3, -0.25) is 0 Å². The highest BCUT2D eigenvalue weighted by Gasteiger charge is 2.03. The Hall–Kier alpha value is -0.423. The molecule has 4 heteroatoms. The number of ether oxygens (including phenoxy) is 2. The summed E-state index contributed by atoms with van der Waals surface area (Å²) in [5.74, 6) is 0. The molecule has 0 atom stereocenters. The maximum atomic E-state index is 5.52. The largest absolute Gasteiger partial charge is 0.419 e. The highest BCUT2D eigenvalue weighted by Crippen LogP contribution is 2.11. The molecule has 3 nitrogen and oxygen atoms in total. The summed E-state index contributed by atoms with van der Waals surface area (Å²) < 4.78 is 15.9. The summed E-state index contributed by atoms with van der Waals surface area (Å²) in [5.41, 5.74) is 1.95. The standard InChI is InChI=1S/C22H44O3Si/c1-4-26-25-21-19-17-15-13-11-9-7-5-6-8-10-12-14-16-18-20-22(23-2)24-3/h4-6,22H,1,7-21,26H2,2-3H3/b6-5-. The van der Waals surface area contributed by atoms with Crippen LogP contribution < -0.4 is 0 Å². The molecule has 0 rings (SSSR count). The summed E-state index contributed by atoms with van der Waals surface area (Å²) in [7, 11) is 3.02. The second kappa shape index (κ2) is 22.6. The SMILES string of the molecule is C=C[SiH2]OCCCCCCCC/C=C\CCCCCCCC(OC)OC. The molecule has 0 aliphatic heterocycles. The van der Waals surface area contributed by atoms with Gasteiger partial charge in [0, 0.05) is 20.8 Å². The van der Waals surface area contributed by atoms with Gasteiger partial charge in [0.25, 0.3) is 0 Å². The average Bonchev–Trinajstić information content (AvgIpc) is 2.66. The van der Waals surface area contributed by atoms with Gasteiger partial charge in [0.2, 0.25) is 0 Å². The highest BCUT2D eigenvalue weighted by atomic mass is 28.2. The first-order valence-electron chi connectivity index (χ1n) is 10.7. The normalized spacial score (nSPS) is 12.1. The Labute approximate surface area is 165 Å². The highest BCUT2D eigenvalue weighted by molar-refractivity contribution is 6.33. The van der Waals surface area contributed by atoms with E-state index in [1.807, 2.05) is 5.70 Å². The van der Waals surface area contributed by atoms with Crippen LogP contribution in [0.3, 0.4) is 0 Å². The van der Waals surface area contributed by atoms with Crippen LogP contribution in [0.25, 0.3) is 0 Å². The van der Waals surface area contributed by atoms with Crippen molar-refractivity contribution in [3.8, 4) is 0 Å². The molecule has 0 aromatic rings. The van der Waals surface area contributed by atoms with E-state index in [4.69, 9.17) is 13.9 Å². The summed E-state index contributed by atoms with van der Waals surface area (Å²) in [6.07, 6.45) is 22.7. The summed E-state index contributed by atoms with van der Waals surface area (Å²) in [4.78, 5) is 0. The zero-order chi connectivity index (χ0) is 19.1. The fourth-order valence-corrected chi connectivity index (χ4v) is 3.55. The van der Waals surface area contributed by atoms with E-state index >= 15 is 0 Å². The van der Waals surface area contributed by atoms with Gasteiger partial charge in [-0.15, -0.1) is 6.58 Å². The third-order valence-corrected chi connectivity index (χ3v) is 5.41. The van der Waals surface area contributed by atoms with E-state index in [9.17, 15) is 0 Å². The third kappa shape index (κ3) is 19.9. The molecule has 0 unspecified atom stereocenters. The number of unbranched alkanes of at least 4 members (excludes halogenated alkanes) is 11. The molecule has 0 amide bonds. The molecule has 0 radical (unpaired) electrons. The summed E-state index contributed by atoms with van der Waals surface area (Å²) in [6.45, 7) is 4.66. The van der Waals surface area contributed by atoms with Crippen molar-refractivity contribution >= 4 is 9.76 Å². The van der Waals surface area contributed by atoms with Crippen LogP contribution >= 0.6 is 0 Å². The van der Waals surface area contributed by atoms with Crippen LogP contribution in [0.15, 0.2) is 24.4 Å². The fourth-order valence-electron chi connectivity index (χ4n) is 3.01. The Kier molecular flexibility index (Phi) is 22.2. The number of methoxy groups -OCH3 is 2. The minimum Gasteiger partial charge on any atom is -0.419 e. The number of rotatable bonds is 21. The number of allylic oxidation sites excluding steroid dienone is 2. The molecule has 0 aliphatic carbocycles. The molecule has 0 saturated heterocycles. The topological polar surface area (TPSA) is 27.7 Å². The molecular formula is C22H44O3Si. The molecule has 0 spiro atoms. The van der Waals surface area contributed by atoms with Gasteiger partial charge in [-0.05, 0) is 44.9 Å². The van der Waals surface area contributed by atoms with Crippen molar-refractivity contribution in [3.63, 3.8) is 0 Å². The quantitative estimate of drug-likeness (QED) is 0.107. The molecular weight excluding hydrogens is 340 g/mol. The Morgan fingerprint density at radius 2 is 1.23 bits per heavy atom. The van der Waals surface area contributed by atoms with Crippen LogP contribution in [0.5, 0.6) is 0 Å². The predicted molar refractivity (Wildman–Crippen MR) is 116 cm³/mol. The smallest absolute Gasteiger partial charge is 0.184 e. The Morgan fingerprint density at radius 3 is 1.77 bits per heavy atom. The van der Waals surface area contributed by atoms with Crippen molar-refractivity contribution in [2.75, 3.05) is 20.8 Å². The lowest BCUT2D eigenvalue weighted by molar-refractivity contribution is -0.107. The molecule has 0 bridgehead atoms. The van der Waals surface area contributed by atoms with Crippen LogP contribution in [-0.4, -0.2) is 36.9 Å². The van der Waals surface area contributed by atoms with Crippen LogP contribution in [-0.2, 0) is 13.9 Å². The molecule has 0 N–H and O–H groups in total. The Bertz CT molecular complexity index is 304. The maximum Gasteiger partial charge on any atom is 0.184 e. The minimum absolute atomic E-state index is 0.0178. The van der Waals surface area contributed by atoms with Crippen LogP contribution in [0.1, 0.15) is 89.9 Å². The van der Waals surface area contributed by atoms with Crippen molar-refractivity contribution in [1.82, 2.24) is 0 Å². The Morgan fingerprint density at radius 1 is 0.731 bits per heavy atom. The van der Waals surface area contributed by atoms with Gasteiger partial charge in [-0.2, -0.15) is 0 Å². The minimum atomic E-state index is -0.402. The lowest BCUT2D eigenvalue weighted by Gasteiger charge is -2.12. The fraction of sp³-hybridized carbons (Fsp3) is 0.818. The van der Waals surface area contributed by atoms with E-state index in [2.05, 4.69) is 18.7 Å². The molecule has 0 aliphatic rings. The zero-order valence-corrected chi connectivity index (χ0v) is 19.0. The van der Waals surface area contributed by atoms with Gasteiger partial charge in [-0.25, -0.2) is 0 Å². The zero-order valence-electron chi connectivity index (χ0n) is 17.6. The first-order chi connectivity index (χ1) is 12.8. The van der Waals surface area contributed by atoms with E-state index < -0.39 is 9.76 Å². The molecule has 0 aromatic heterocycles. The third-order valence-electron chi connectivity index (χ3n) is 4.65. The van der Waals surface area contributed by atoms with Gasteiger partial charge in [0.05, 0.1) is 0 Å². The van der Waals surface area contributed by atoms with Gasteiger partial charge in [0.15, 0.2) is 16.1 Å². The molecule has 26 heavy (non-hydrogen) atoms. The molecule has 0 saturated carbocycles. The first kappa shape index (κ1) is 25.6. The van der Waals surface area contributed by atoms with Crippen molar-refractivity contribution in [3.05, 3.63) is 24.4 Å². The van der Waals surface area contributed by atoms with Crippen molar-refractivity contribution in [2.24, 2.45) is 0 Å². The van der Waals surface area contributed by atoms with Crippen molar-refractivity contribution in [1.29, 1.82) is 0 Å². The first-order valence-corrected chi connectivity index (χ1v) is 12.1. The van der Waals surface area contributed by atoms with Crippen LogP contribution in [0.4, 0.5) is 0 Å². The van der Waals surface area contributed by atoms with E-state index in [-0.39, 0.29) is 6.29 Å². The summed E-state index contributed by atoms with van der Waals surface area (Å²) in [6, 6.07) is 0. The van der Waals surface area contributed by atoms with Crippen LogP contribution in [0.2, 0.25) is 0 Å².